The van der Waals surface area contributed by atoms with Gasteiger partial charge >= 0.3 is 0 Å². The molecule has 1 aromatic rings. The van der Waals surface area contributed by atoms with Gasteiger partial charge in [-0.1, -0.05) is 11.6 Å². The number of pyridine rings is 1. The molecule has 1 rings (SSSR count). The van der Waals surface area contributed by atoms with Gasteiger partial charge in [0.2, 0.25) is 0 Å². The van der Waals surface area contributed by atoms with Gasteiger partial charge in [-0.15, -0.1) is 0 Å². The third kappa shape index (κ3) is 1.37. The molecule has 0 saturated carbocycles. The number of rotatable bonds is 1. The summed E-state index contributed by atoms with van der Waals surface area (Å²) in [6.45, 7) is 1.87. The standard InChI is InChI=1S/C6H7ClN2O/c1-4-2-5(9-10)6(7)8-3-4/h2-3,9-10H,1H3. The first kappa shape index (κ1) is 7.31. The minimum absolute atomic E-state index is 0.271. The molecule has 4 heteroatoms. The Kier molecular flexibility index (Phi) is 2.09. The van der Waals surface area contributed by atoms with Gasteiger partial charge in [-0.25, -0.2) is 4.98 Å². The molecule has 10 heavy (non-hydrogen) atoms. The van der Waals surface area contributed by atoms with Crippen LogP contribution in [-0.4, -0.2) is 10.2 Å². The maximum Gasteiger partial charge on any atom is 0.154 e. The van der Waals surface area contributed by atoms with Crippen LogP contribution >= 0.6 is 11.6 Å². The van der Waals surface area contributed by atoms with Gasteiger partial charge in [-0.05, 0) is 18.6 Å². The van der Waals surface area contributed by atoms with E-state index in [0.717, 1.165) is 5.56 Å². The molecule has 0 aliphatic rings. The minimum atomic E-state index is 0.271. The molecule has 0 aliphatic heterocycles. The first-order valence-corrected chi connectivity index (χ1v) is 3.14. The van der Waals surface area contributed by atoms with Crippen LogP contribution in [0.3, 0.4) is 0 Å². The molecule has 1 aromatic heterocycles. The monoisotopic (exact) mass is 158 g/mol. The van der Waals surface area contributed by atoms with E-state index < -0.39 is 0 Å². The lowest BCUT2D eigenvalue weighted by Gasteiger charge is -2.00. The molecule has 0 bridgehead atoms. The molecule has 3 nitrogen and oxygen atoms in total. The zero-order chi connectivity index (χ0) is 7.56. The highest BCUT2D eigenvalue weighted by molar-refractivity contribution is 6.31. The third-order valence-electron chi connectivity index (χ3n) is 1.10. The van der Waals surface area contributed by atoms with Crippen molar-refractivity contribution in [1.29, 1.82) is 0 Å². The fourth-order valence-corrected chi connectivity index (χ4v) is 0.777. The van der Waals surface area contributed by atoms with Crippen molar-refractivity contribution in [1.82, 2.24) is 4.98 Å². The van der Waals surface area contributed by atoms with Crippen LogP contribution in [0.2, 0.25) is 5.15 Å². The van der Waals surface area contributed by atoms with E-state index in [4.69, 9.17) is 16.8 Å². The molecule has 2 N–H and O–H groups in total. The second-order valence-electron chi connectivity index (χ2n) is 1.96. The number of hydrogen-bond donors (Lipinski definition) is 2. The number of halogens is 1. The minimum Gasteiger partial charge on any atom is -0.291 e. The van der Waals surface area contributed by atoms with E-state index in [-0.39, 0.29) is 5.15 Å². The van der Waals surface area contributed by atoms with Gasteiger partial charge in [0.05, 0.1) is 5.69 Å². The number of hydrogen-bond acceptors (Lipinski definition) is 3. The lowest BCUT2D eigenvalue weighted by Crippen LogP contribution is -1.92. The quantitative estimate of drug-likeness (QED) is 0.484. The van der Waals surface area contributed by atoms with Gasteiger partial charge in [0.15, 0.2) is 5.15 Å². The van der Waals surface area contributed by atoms with Crippen LogP contribution in [0.25, 0.3) is 0 Å². The maximum absolute atomic E-state index is 8.47. The SMILES string of the molecule is Cc1cnc(Cl)c(NO)c1. The summed E-state index contributed by atoms with van der Waals surface area (Å²) in [5.41, 5.74) is 3.32. The maximum atomic E-state index is 8.47. The van der Waals surface area contributed by atoms with Crippen LogP contribution in [0.15, 0.2) is 12.3 Å². The summed E-state index contributed by atoms with van der Waals surface area (Å²) in [4.78, 5) is 3.79. The second kappa shape index (κ2) is 2.86. The van der Waals surface area contributed by atoms with Crippen LogP contribution in [-0.2, 0) is 0 Å². The van der Waals surface area contributed by atoms with Crippen molar-refractivity contribution in [2.24, 2.45) is 0 Å². The summed E-state index contributed by atoms with van der Waals surface area (Å²) in [6, 6.07) is 1.70. The van der Waals surface area contributed by atoms with Crippen molar-refractivity contribution < 1.29 is 5.21 Å². The van der Waals surface area contributed by atoms with Gasteiger partial charge in [0.1, 0.15) is 0 Å². The summed E-state index contributed by atoms with van der Waals surface area (Å²) in [5.74, 6) is 0. The van der Waals surface area contributed by atoms with Crippen molar-refractivity contribution >= 4 is 17.3 Å². The zero-order valence-corrected chi connectivity index (χ0v) is 6.18. The number of anilines is 1. The smallest absolute Gasteiger partial charge is 0.154 e. The molecule has 0 unspecified atom stereocenters. The highest BCUT2D eigenvalue weighted by Crippen LogP contribution is 2.18. The summed E-state index contributed by atoms with van der Waals surface area (Å²) < 4.78 is 0. The first-order valence-electron chi connectivity index (χ1n) is 2.76. The van der Waals surface area contributed by atoms with Gasteiger partial charge in [-0.3, -0.25) is 10.7 Å². The predicted octanol–water partition coefficient (Wildman–Crippen LogP) is 1.84. The Bertz CT molecular complexity index is 239. The molecule has 1 heterocycles. The molecule has 0 aromatic carbocycles. The predicted molar refractivity (Wildman–Crippen MR) is 39.4 cm³/mol. The summed E-state index contributed by atoms with van der Waals surface area (Å²) in [6.07, 6.45) is 1.63. The molecular formula is C6H7ClN2O. The van der Waals surface area contributed by atoms with E-state index in [1.54, 1.807) is 12.3 Å². The molecule has 0 atom stereocenters. The van der Waals surface area contributed by atoms with Crippen LogP contribution in [0.1, 0.15) is 5.56 Å². The Morgan fingerprint density at radius 2 is 2.40 bits per heavy atom. The summed E-state index contributed by atoms with van der Waals surface area (Å²) in [5, 5.41) is 8.74. The first-order chi connectivity index (χ1) is 4.74. The topological polar surface area (TPSA) is 45.2 Å². The Morgan fingerprint density at radius 3 is 2.90 bits per heavy atom. The number of nitrogens with one attached hydrogen (secondary N) is 1. The van der Waals surface area contributed by atoms with E-state index in [1.165, 1.54) is 0 Å². The van der Waals surface area contributed by atoms with Crippen molar-refractivity contribution in [3.8, 4) is 0 Å². The largest absolute Gasteiger partial charge is 0.291 e. The van der Waals surface area contributed by atoms with Crippen molar-refractivity contribution in [2.45, 2.75) is 6.92 Å². The van der Waals surface area contributed by atoms with E-state index >= 15 is 0 Å². The van der Waals surface area contributed by atoms with Gasteiger partial charge in [0, 0.05) is 6.20 Å². The van der Waals surface area contributed by atoms with Gasteiger partial charge in [-0.2, -0.15) is 0 Å². The molecule has 0 amide bonds. The average molecular weight is 159 g/mol. The Hall–Kier alpha value is -0.800. The highest BCUT2D eigenvalue weighted by Gasteiger charge is 1.97. The van der Waals surface area contributed by atoms with E-state index in [0.29, 0.717) is 5.69 Å². The van der Waals surface area contributed by atoms with Crippen molar-refractivity contribution in [3.63, 3.8) is 0 Å². The molecule has 54 valence electrons. The Morgan fingerprint density at radius 1 is 1.70 bits per heavy atom. The Labute approximate surface area is 63.6 Å². The van der Waals surface area contributed by atoms with E-state index in [2.05, 4.69) is 4.98 Å². The van der Waals surface area contributed by atoms with Crippen molar-refractivity contribution in [2.75, 3.05) is 5.48 Å². The van der Waals surface area contributed by atoms with E-state index in [9.17, 15) is 0 Å². The molecular weight excluding hydrogens is 152 g/mol. The molecule has 0 spiro atoms. The summed E-state index contributed by atoms with van der Waals surface area (Å²) in [7, 11) is 0. The second-order valence-corrected chi connectivity index (χ2v) is 2.32. The lowest BCUT2D eigenvalue weighted by molar-refractivity contribution is 0.388. The van der Waals surface area contributed by atoms with Gasteiger partial charge in [0.25, 0.3) is 0 Å². The fourth-order valence-electron chi connectivity index (χ4n) is 0.631. The molecule has 0 radical (unpaired) electrons. The highest BCUT2D eigenvalue weighted by atomic mass is 35.5. The normalized spacial score (nSPS) is 9.50. The average Bonchev–Trinajstić information content (AvgIpc) is 1.94. The van der Waals surface area contributed by atoms with E-state index in [1.807, 2.05) is 12.4 Å². The molecule has 0 aliphatic carbocycles. The van der Waals surface area contributed by atoms with Crippen LogP contribution in [0.4, 0.5) is 5.69 Å². The number of aromatic nitrogens is 1. The van der Waals surface area contributed by atoms with Gasteiger partial charge < -0.3 is 0 Å². The Balaban J connectivity index is 3.09. The van der Waals surface area contributed by atoms with Crippen LogP contribution < -0.4 is 5.48 Å². The number of aryl methyl sites for hydroxylation is 1. The summed E-state index contributed by atoms with van der Waals surface area (Å²) >= 11 is 5.56. The lowest BCUT2D eigenvalue weighted by atomic mass is 10.3. The van der Waals surface area contributed by atoms with Crippen molar-refractivity contribution in [3.05, 3.63) is 23.0 Å². The zero-order valence-electron chi connectivity index (χ0n) is 5.43. The van der Waals surface area contributed by atoms with Crippen LogP contribution in [0.5, 0.6) is 0 Å². The van der Waals surface area contributed by atoms with Crippen LogP contribution in [0, 0.1) is 6.92 Å². The number of nitrogens with zero attached hydrogens (tertiary/aromatic N) is 1. The third-order valence-corrected chi connectivity index (χ3v) is 1.40. The molecule has 0 saturated heterocycles. The fraction of sp³-hybridized carbons (Fsp3) is 0.167. The molecule has 0 fully saturated rings.